The molecule has 1 saturated heterocycles. The second-order valence-corrected chi connectivity index (χ2v) is 11.5. The summed E-state index contributed by atoms with van der Waals surface area (Å²) in [5, 5.41) is 6.16. The van der Waals surface area contributed by atoms with Gasteiger partial charge in [0, 0.05) is 52.6 Å². The van der Waals surface area contributed by atoms with E-state index in [4.69, 9.17) is 9.72 Å². The van der Waals surface area contributed by atoms with E-state index in [-0.39, 0.29) is 12.0 Å². The van der Waals surface area contributed by atoms with Gasteiger partial charge < -0.3 is 19.9 Å². The Morgan fingerprint density at radius 3 is 2.61 bits per heavy atom. The number of likely N-dealkylation sites (tertiary alicyclic amines) is 1. The van der Waals surface area contributed by atoms with E-state index in [2.05, 4.69) is 21.7 Å². The van der Waals surface area contributed by atoms with Gasteiger partial charge in [0.15, 0.2) is 0 Å². The number of fused-ring (bicyclic) bond motifs is 1. The number of thiazole rings is 1. The van der Waals surface area contributed by atoms with Gasteiger partial charge in [-0.3, -0.25) is 4.79 Å². The fourth-order valence-corrected chi connectivity index (χ4v) is 5.78. The molecule has 0 bridgehead atoms. The Labute approximate surface area is 215 Å². The molecule has 1 aromatic carbocycles. The quantitative estimate of drug-likeness (QED) is 0.406. The molecule has 3 aromatic rings. The number of nitrogens with zero attached hydrogens (tertiary/aromatic N) is 2. The maximum atomic E-state index is 12.7. The maximum Gasteiger partial charge on any atom is 0.410 e. The number of piperidine rings is 1. The lowest BCUT2D eigenvalue weighted by atomic mass is 9.97. The van der Waals surface area contributed by atoms with Crippen molar-refractivity contribution < 1.29 is 14.3 Å². The predicted molar refractivity (Wildman–Crippen MR) is 144 cm³/mol. The summed E-state index contributed by atoms with van der Waals surface area (Å²) < 4.78 is 5.52. The van der Waals surface area contributed by atoms with Crippen LogP contribution in [-0.4, -0.2) is 45.6 Å². The first-order valence-corrected chi connectivity index (χ1v) is 13.2. The molecule has 2 aromatic heterocycles. The molecule has 0 radical (unpaired) electrons. The number of aromatic nitrogens is 2. The van der Waals surface area contributed by atoms with Gasteiger partial charge in [0.1, 0.15) is 5.60 Å². The summed E-state index contributed by atoms with van der Waals surface area (Å²) in [6, 6.07) is 8.09. The lowest BCUT2D eigenvalue weighted by Crippen LogP contribution is -2.41. The molecule has 2 aliphatic heterocycles. The summed E-state index contributed by atoms with van der Waals surface area (Å²) in [7, 11) is 0. The van der Waals surface area contributed by atoms with Crippen LogP contribution in [0, 0.1) is 13.8 Å². The van der Waals surface area contributed by atoms with E-state index in [1.165, 1.54) is 0 Å². The van der Waals surface area contributed by atoms with Gasteiger partial charge in [-0.25, -0.2) is 9.78 Å². The average Bonchev–Trinajstić information content (AvgIpc) is 3.50. The molecule has 2 amide bonds. The Morgan fingerprint density at radius 2 is 1.94 bits per heavy atom. The first kappa shape index (κ1) is 24.3. The number of hydrogen-bond acceptors (Lipinski definition) is 5. The smallest absolute Gasteiger partial charge is 0.410 e. The van der Waals surface area contributed by atoms with Crippen LogP contribution in [0.3, 0.4) is 0 Å². The minimum Gasteiger partial charge on any atom is -0.444 e. The van der Waals surface area contributed by atoms with Crippen molar-refractivity contribution in [3.05, 3.63) is 57.2 Å². The number of rotatable bonds is 3. The zero-order valence-electron chi connectivity index (χ0n) is 21.4. The molecule has 188 valence electrons. The van der Waals surface area contributed by atoms with E-state index in [0.717, 1.165) is 57.3 Å². The van der Waals surface area contributed by atoms with Crippen molar-refractivity contribution in [1.82, 2.24) is 14.9 Å². The molecule has 0 unspecified atom stereocenters. The molecule has 4 heterocycles. The molecule has 2 aliphatic rings. The molecule has 5 rings (SSSR count). The van der Waals surface area contributed by atoms with E-state index < -0.39 is 5.60 Å². The molecular formula is C28H32N4O3S. The van der Waals surface area contributed by atoms with Crippen LogP contribution in [-0.2, 0) is 9.53 Å². The molecule has 2 N–H and O–H groups in total. The van der Waals surface area contributed by atoms with Crippen molar-refractivity contribution in [1.29, 1.82) is 0 Å². The summed E-state index contributed by atoms with van der Waals surface area (Å²) in [4.78, 5) is 35.2. The maximum absolute atomic E-state index is 12.7. The fourth-order valence-electron chi connectivity index (χ4n) is 4.78. The SMILES string of the molecule is Cc1cc(C)c(/C=C2\C(=O)Nc3ccc(-c4csc(C5CCN(C(=O)OC(C)(C)C)CC5)n4)cc32)[nH]1. The highest BCUT2D eigenvalue weighted by molar-refractivity contribution is 7.10. The van der Waals surface area contributed by atoms with E-state index in [1.807, 2.05) is 58.9 Å². The summed E-state index contributed by atoms with van der Waals surface area (Å²) in [6.07, 6.45) is 3.43. The highest BCUT2D eigenvalue weighted by Crippen LogP contribution is 2.38. The number of carbonyl (C=O) groups is 2. The van der Waals surface area contributed by atoms with Gasteiger partial charge in [-0.05, 0) is 77.3 Å². The lowest BCUT2D eigenvalue weighted by Gasteiger charge is -2.32. The Hall–Kier alpha value is -3.39. The van der Waals surface area contributed by atoms with Gasteiger partial charge in [0.25, 0.3) is 5.91 Å². The standard InChI is InChI=1S/C28H32N4O3S/c1-16-12-17(2)29-23(16)14-21-20-13-19(6-7-22(20)30-25(21)33)24-15-36-26(31-24)18-8-10-32(11-9-18)27(34)35-28(3,4)5/h6-7,12-15,18,29H,8-11H2,1-5H3,(H,30,33)/b21-14-. The molecule has 36 heavy (non-hydrogen) atoms. The number of H-pyrrole nitrogens is 1. The van der Waals surface area contributed by atoms with Gasteiger partial charge in [-0.15, -0.1) is 11.3 Å². The molecular weight excluding hydrogens is 472 g/mol. The number of hydrogen-bond donors (Lipinski definition) is 2. The third-order valence-electron chi connectivity index (χ3n) is 6.59. The number of anilines is 1. The van der Waals surface area contributed by atoms with Crippen molar-refractivity contribution in [2.75, 3.05) is 18.4 Å². The first-order chi connectivity index (χ1) is 17.1. The van der Waals surface area contributed by atoms with Gasteiger partial charge >= 0.3 is 6.09 Å². The topological polar surface area (TPSA) is 87.3 Å². The number of nitrogens with one attached hydrogen (secondary N) is 2. The lowest BCUT2D eigenvalue weighted by molar-refractivity contribution is -0.110. The number of benzene rings is 1. The zero-order chi connectivity index (χ0) is 25.6. The second kappa shape index (κ2) is 9.24. The van der Waals surface area contributed by atoms with Crippen LogP contribution in [0.5, 0.6) is 0 Å². The minimum absolute atomic E-state index is 0.0930. The second-order valence-electron chi connectivity index (χ2n) is 10.6. The molecule has 0 aliphatic carbocycles. The van der Waals surface area contributed by atoms with Crippen LogP contribution < -0.4 is 5.32 Å². The monoisotopic (exact) mass is 504 g/mol. The minimum atomic E-state index is -0.484. The number of aromatic amines is 1. The van der Waals surface area contributed by atoms with Crippen LogP contribution in [0.15, 0.2) is 29.6 Å². The van der Waals surface area contributed by atoms with E-state index in [1.54, 1.807) is 16.2 Å². The molecule has 1 fully saturated rings. The van der Waals surface area contributed by atoms with E-state index in [0.29, 0.717) is 24.6 Å². The van der Waals surface area contributed by atoms with Crippen LogP contribution in [0.25, 0.3) is 22.9 Å². The van der Waals surface area contributed by atoms with Gasteiger partial charge in [-0.1, -0.05) is 6.07 Å². The highest BCUT2D eigenvalue weighted by atomic mass is 32.1. The van der Waals surface area contributed by atoms with Gasteiger partial charge in [0.2, 0.25) is 0 Å². The van der Waals surface area contributed by atoms with Crippen LogP contribution in [0.2, 0.25) is 0 Å². The summed E-state index contributed by atoms with van der Waals surface area (Å²) in [6.45, 7) is 11.1. The van der Waals surface area contributed by atoms with Crippen LogP contribution in [0.4, 0.5) is 10.5 Å². The Bertz CT molecular complexity index is 1350. The summed E-state index contributed by atoms with van der Waals surface area (Å²) in [5.74, 6) is 0.235. The van der Waals surface area contributed by atoms with Crippen molar-refractivity contribution in [2.45, 2.75) is 59.0 Å². The fraction of sp³-hybridized carbons (Fsp3) is 0.393. The average molecular weight is 505 g/mol. The Morgan fingerprint density at radius 1 is 1.19 bits per heavy atom. The van der Waals surface area contributed by atoms with E-state index in [9.17, 15) is 9.59 Å². The van der Waals surface area contributed by atoms with Gasteiger partial charge in [-0.2, -0.15) is 0 Å². The number of aryl methyl sites for hydroxylation is 2. The van der Waals surface area contributed by atoms with Crippen LogP contribution >= 0.6 is 11.3 Å². The predicted octanol–water partition coefficient (Wildman–Crippen LogP) is 6.36. The molecule has 0 atom stereocenters. The summed E-state index contributed by atoms with van der Waals surface area (Å²) >= 11 is 1.66. The summed E-state index contributed by atoms with van der Waals surface area (Å²) in [5.41, 5.74) is 6.92. The Balaban J connectivity index is 1.32. The molecule has 0 spiro atoms. The van der Waals surface area contributed by atoms with Crippen molar-refractivity contribution >= 4 is 40.7 Å². The third-order valence-corrected chi connectivity index (χ3v) is 7.60. The van der Waals surface area contributed by atoms with Crippen molar-refractivity contribution in [3.63, 3.8) is 0 Å². The third kappa shape index (κ3) is 4.95. The van der Waals surface area contributed by atoms with Gasteiger partial charge in [0.05, 0.1) is 16.3 Å². The first-order valence-electron chi connectivity index (χ1n) is 12.3. The molecule has 7 nitrogen and oxygen atoms in total. The normalized spacial score (nSPS) is 17.4. The number of ether oxygens (including phenoxy) is 1. The van der Waals surface area contributed by atoms with Crippen molar-refractivity contribution in [2.24, 2.45) is 0 Å². The van der Waals surface area contributed by atoms with Crippen molar-refractivity contribution in [3.8, 4) is 11.3 Å². The molecule has 0 saturated carbocycles. The largest absolute Gasteiger partial charge is 0.444 e. The van der Waals surface area contributed by atoms with Crippen LogP contribution in [0.1, 0.15) is 67.1 Å². The number of carbonyl (C=O) groups excluding carboxylic acids is 2. The zero-order valence-corrected chi connectivity index (χ0v) is 22.2. The molecule has 8 heteroatoms. The highest BCUT2D eigenvalue weighted by Gasteiger charge is 2.29. The van der Waals surface area contributed by atoms with E-state index >= 15 is 0 Å². The Kier molecular flexibility index (Phi) is 6.24. The number of amides is 2.